The highest BCUT2D eigenvalue weighted by atomic mass is 35.5. The van der Waals surface area contributed by atoms with Crippen LogP contribution in [0.15, 0.2) is 24.5 Å². The van der Waals surface area contributed by atoms with Crippen molar-refractivity contribution in [2.45, 2.75) is 19.7 Å². The molecule has 0 bridgehead atoms. The molecule has 4 heteroatoms. The topological polar surface area (TPSA) is 17.8 Å². The zero-order chi connectivity index (χ0) is 11.7. The smallest absolute Gasteiger partial charge is 0.129 e. The van der Waals surface area contributed by atoms with E-state index in [9.17, 15) is 4.39 Å². The van der Waals surface area contributed by atoms with Crippen molar-refractivity contribution in [2.75, 3.05) is 0 Å². The Bertz CT molecular complexity index is 520. The zero-order valence-electron chi connectivity index (χ0n) is 9.17. The lowest BCUT2D eigenvalue weighted by molar-refractivity contribution is 0.615. The van der Waals surface area contributed by atoms with Crippen LogP contribution in [0.2, 0.25) is 0 Å². The maximum atomic E-state index is 13.6. The molecule has 1 heterocycles. The molecule has 0 radical (unpaired) electrons. The fourth-order valence-electron chi connectivity index (χ4n) is 1.65. The van der Waals surface area contributed by atoms with Gasteiger partial charge in [0, 0.05) is 11.3 Å². The number of benzene rings is 1. The van der Waals surface area contributed by atoms with E-state index in [1.54, 1.807) is 12.4 Å². The molecule has 0 unspecified atom stereocenters. The van der Waals surface area contributed by atoms with Crippen molar-refractivity contribution in [1.29, 1.82) is 0 Å². The summed E-state index contributed by atoms with van der Waals surface area (Å²) in [5, 5.41) is 0. The van der Waals surface area contributed by atoms with Crippen molar-refractivity contribution in [2.24, 2.45) is 0 Å². The summed E-state index contributed by atoms with van der Waals surface area (Å²) in [7, 11) is 0. The zero-order valence-corrected chi connectivity index (χ0v) is 9.92. The van der Waals surface area contributed by atoms with Gasteiger partial charge < -0.3 is 4.57 Å². The van der Waals surface area contributed by atoms with Gasteiger partial charge >= 0.3 is 0 Å². The summed E-state index contributed by atoms with van der Waals surface area (Å²) in [6.45, 7) is 3.87. The van der Waals surface area contributed by atoms with Crippen molar-refractivity contribution in [3.63, 3.8) is 0 Å². The summed E-state index contributed by atoms with van der Waals surface area (Å²) in [4.78, 5) is 4.20. The number of hydrogen-bond acceptors (Lipinski definition) is 1. The van der Waals surface area contributed by atoms with Crippen LogP contribution in [0.5, 0.6) is 0 Å². The predicted octanol–water partition coefficient (Wildman–Crippen LogP) is 3.37. The molecule has 0 saturated heterocycles. The Balaban J connectivity index is 2.64. The van der Waals surface area contributed by atoms with E-state index in [0.29, 0.717) is 5.56 Å². The van der Waals surface area contributed by atoms with Crippen LogP contribution in [-0.2, 0) is 5.88 Å². The van der Waals surface area contributed by atoms with Gasteiger partial charge in [-0.3, -0.25) is 0 Å². The summed E-state index contributed by atoms with van der Waals surface area (Å²) in [6, 6.07) is 4.94. The van der Waals surface area contributed by atoms with Crippen LogP contribution < -0.4 is 0 Å². The Kier molecular flexibility index (Phi) is 2.97. The van der Waals surface area contributed by atoms with Crippen LogP contribution in [0.1, 0.15) is 17.0 Å². The summed E-state index contributed by atoms with van der Waals surface area (Å²) in [6.07, 6.45) is 1.69. The first-order valence-corrected chi connectivity index (χ1v) is 5.53. The molecule has 1 aromatic carbocycles. The van der Waals surface area contributed by atoms with Gasteiger partial charge in [-0.25, -0.2) is 9.37 Å². The van der Waals surface area contributed by atoms with Crippen LogP contribution in [0, 0.1) is 19.7 Å². The highest BCUT2D eigenvalue weighted by Gasteiger charge is 2.11. The molecule has 0 spiro atoms. The molecule has 0 N–H and O–H groups in total. The molecule has 16 heavy (non-hydrogen) atoms. The molecular weight excluding hydrogens is 227 g/mol. The minimum absolute atomic E-state index is 0.151. The lowest BCUT2D eigenvalue weighted by atomic mass is 10.2. The van der Waals surface area contributed by atoms with E-state index in [4.69, 9.17) is 11.6 Å². The molecule has 2 aromatic rings. The van der Waals surface area contributed by atoms with Crippen molar-refractivity contribution < 1.29 is 4.39 Å². The second-order valence-electron chi connectivity index (χ2n) is 3.66. The maximum absolute atomic E-state index is 13.6. The molecule has 0 aliphatic carbocycles. The second-order valence-corrected chi connectivity index (χ2v) is 3.92. The molecule has 84 valence electrons. The normalized spacial score (nSPS) is 10.8. The first-order chi connectivity index (χ1) is 7.65. The van der Waals surface area contributed by atoms with Gasteiger partial charge in [0.2, 0.25) is 0 Å². The molecular formula is C12H12ClFN2. The van der Waals surface area contributed by atoms with Crippen LogP contribution in [0.3, 0.4) is 0 Å². The van der Waals surface area contributed by atoms with E-state index in [1.807, 2.05) is 24.5 Å². The molecule has 0 saturated carbocycles. The molecule has 0 fully saturated rings. The minimum Gasteiger partial charge on any atom is -0.303 e. The standard InChI is InChI=1S/C12H12ClFN2/c1-8-9(2)16(7-15-8)12-5-3-4-11(14)10(12)6-13/h3-5,7H,6H2,1-2H3. The molecule has 0 aliphatic rings. The van der Waals surface area contributed by atoms with Crippen molar-refractivity contribution in [3.8, 4) is 5.69 Å². The van der Waals surface area contributed by atoms with E-state index >= 15 is 0 Å². The van der Waals surface area contributed by atoms with E-state index in [0.717, 1.165) is 17.1 Å². The average Bonchev–Trinajstić information content (AvgIpc) is 2.59. The first kappa shape index (κ1) is 11.1. The van der Waals surface area contributed by atoms with Gasteiger partial charge in [0.05, 0.1) is 23.6 Å². The number of hydrogen-bond donors (Lipinski definition) is 0. The molecule has 0 amide bonds. The number of alkyl halides is 1. The second kappa shape index (κ2) is 4.26. The fraction of sp³-hybridized carbons (Fsp3) is 0.250. The Morgan fingerprint density at radius 3 is 2.69 bits per heavy atom. The molecule has 0 atom stereocenters. The number of halogens is 2. The quantitative estimate of drug-likeness (QED) is 0.734. The Labute approximate surface area is 98.7 Å². The number of nitrogens with zero attached hydrogens (tertiary/aromatic N) is 2. The van der Waals surface area contributed by atoms with Gasteiger partial charge in [0.1, 0.15) is 5.82 Å². The van der Waals surface area contributed by atoms with Gasteiger partial charge in [-0.1, -0.05) is 6.07 Å². The van der Waals surface area contributed by atoms with Gasteiger partial charge in [-0.05, 0) is 26.0 Å². The third-order valence-corrected chi connectivity index (χ3v) is 3.01. The lowest BCUT2D eigenvalue weighted by Gasteiger charge is -2.10. The molecule has 1 aromatic heterocycles. The largest absolute Gasteiger partial charge is 0.303 e. The fourth-order valence-corrected chi connectivity index (χ4v) is 1.91. The summed E-state index contributed by atoms with van der Waals surface area (Å²) in [5.74, 6) is -0.128. The average molecular weight is 239 g/mol. The monoisotopic (exact) mass is 238 g/mol. The third-order valence-electron chi connectivity index (χ3n) is 2.74. The van der Waals surface area contributed by atoms with Crippen LogP contribution in [-0.4, -0.2) is 9.55 Å². The van der Waals surface area contributed by atoms with E-state index < -0.39 is 0 Å². The Morgan fingerprint density at radius 1 is 1.38 bits per heavy atom. The van der Waals surface area contributed by atoms with E-state index in [-0.39, 0.29) is 11.7 Å². The summed E-state index contributed by atoms with van der Waals surface area (Å²) in [5.41, 5.74) is 3.19. The SMILES string of the molecule is Cc1ncn(-c2cccc(F)c2CCl)c1C. The molecule has 2 nitrogen and oxygen atoms in total. The van der Waals surface area contributed by atoms with E-state index in [2.05, 4.69) is 4.98 Å². The number of imidazole rings is 1. The highest BCUT2D eigenvalue weighted by molar-refractivity contribution is 6.17. The highest BCUT2D eigenvalue weighted by Crippen LogP contribution is 2.22. The van der Waals surface area contributed by atoms with Crippen molar-refractivity contribution in [3.05, 3.63) is 47.3 Å². The molecule has 2 rings (SSSR count). The number of aromatic nitrogens is 2. The molecule has 0 aliphatic heterocycles. The van der Waals surface area contributed by atoms with E-state index in [1.165, 1.54) is 6.07 Å². The van der Waals surface area contributed by atoms with Crippen LogP contribution in [0.25, 0.3) is 5.69 Å². The predicted molar refractivity (Wildman–Crippen MR) is 62.6 cm³/mol. The van der Waals surface area contributed by atoms with Gasteiger partial charge in [-0.2, -0.15) is 0 Å². The third kappa shape index (κ3) is 1.71. The van der Waals surface area contributed by atoms with Crippen LogP contribution >= 0.6 is 11.6 Å². The van der Waals surface area contributed by atoms with Gasteiger partial charge in [-0.15, -0.1) is 11.6 Å². The summed E-state index contributed by atoms with van der Waals surface area (Å²) < 4.78 is 15.4. The number of aryl methyl sites for hydroxylation is 1. The minimum atomic E-state index is -0.279. The van der Waals surface area contributed by atoms with Crippen molar-refractivity contribution >= 4 is 11.6 Å². The maximum Gasteiger partial charge on any atom is 0.129 e. The Hall–Kier alpha value is -1.35. The van der Waals surface area contributed by atoms with Gasteiger partial charge in [0.25, 0.3) is 0 Å². The van der Waals surface area contributed by atoms with Gasteiger partial charge in [0.15, 0.2) is 0 Å². The van der Waals surface area contributed by atoms with Crippen LogP contribution in [0.4, 0.5) is 4.39 Å². The Morgan fingerprint density at radius 2 is 2.12 bits per heavy atom. The number of rotatable bonds is 2. The first-order valence-electron chi connectivity index (χ1n) is 4.99. The summed E-state index contributed by atoms with van der Waals surface area (Å²) >= 11 is 5.77. The van der Waals surface area contributed by atoms with Crippen molar-refractivity contribution in [1.82, 2.24) is 9.55 Å². The lowest BCUT2D eigenvalue weighted by Crippen LogP contribution is -2.01.